The average molecular weight is 214 g/mol. The monoisotopic (exact) mass is 214 g/mol. The largest absolute Gasteiger partial charge is 0.395 e. The summed E-state index contributed by atoms with van der Waals surface area (Å²) in [4.78, 5) is 22.2. The van der Waals surface area contributed by atoms with Crippen LogP contribution in [-0.4, -0.2) is 35.6 Å². The van der Waals surface area contributed by atoms with E-state index in [1.807, 2.05) is 13.8 Å². The van der Waals surface area contributed by atoms with Crippen molar-refractivity contribution in [2.75, 3.05) is 6.61 Å². The third-order valence-corrected chi connectivity index (χ3v) is 2.38. The van der Waals surface area contributed by atoms with Crippen molar-refractivity contribution in [3.63, 3.8) is 0 Å². The molecule has 2 atom stereocenters. The van der Waals surface area contributed by atoms with E-state index in [1.165, 1.54) is 0 Å². The molecule has 1 fully saturated rings. The van der Waals surface area contributed by atoms with Crippen LogP contribution in [0.15, 0.2) is 0 Å². The predicted molar refractivity (Wildman–Crippen MR) is 55.0 cm³/mol. The maximum absolute atomic E-state index is 11.2. The molecule has 1 heterocycles. The molecule has 2 unspecified atom stereocenters. The van der Waals surface area contributed by atoms with Gasteiger partial charge in [-0.2, -0.15) is 0 Å². The van der Waals surface area contributed by atoms with Crippen LogP contribution in [0.1, 0.15) is 26.7 Å². The Labute approximate surface area is 89.2 Å². The summed E-state index contributed by atoms with van der Waals surface area (Å²) in [6.07, 6.45) is 0.960. The van der Waals surface area contributed by atoms with Crippen LogP contribution in [0.2, 0.25) is 0 Å². The molecule has 0 aliphatic carbocycles. The molecule has 5 heteroatoms. The Morgan fingerprint density at radius 1 is 1.53 bits per heavy atom. The molecule has 0 spiro atoms. The Morgan fingerprint density at radius 2 is 2.20 bits per heavy atom. The van der Waals surface area contributed by atoms with Crippen molar-refractivity contribution in [1.29, 1.82) is 0 Å². The van der Waals surface area contributed by atoms with Gasteiger partial charge in [0.15, 0.2) is 0 Å². The number of imide groups is 1. The van der Waals surface area contributed by atoms with Crippen LogP contribution < -0.4 is 10.6 Å². The molecule has 1 saturated heterocycles. The first kappa shape index (κ1) is 12.1. The SMILES string of the molecule is CC(C)CC(CO)NC1CC(=O)NC1=O. The smallest absolute Gasteiger partial charge is 0.244 e. The second-order valence-electron chi connectivity index (χ2n) is 4.34. The predicted octanol–water partition coefficient (Wildman–Crippen LogP) is -0.602. The molecule has 15 heavy (non-hydrogen) atoms. The van der Waals surface area contributed by atoms with E-state index in [1.54, 1.807) is 0 Å². The molecular weight excluding hydrogens is 196 g/mol. The Bertz CT molecular complexity index is 253. The minimum Gasteiger partial charge on any atom is -0.395 e. The Balaban J connectivity index is 2.44. The van der Waals surface area contributed by atoms with Gasteiger partial charge in [0.05, 0.1) is 19.1 Å². The maximum Gasteiger partial charge on any atom is 0.244 e. The van der Waals surface area contributed by atoms with Gasteiger partial charge < -0.3 is 10.4 Å². The molecule has 0 aromatic carbocycles. The van der Waals surface area contributed by atoms with Crippen molar-refractivity contribution in [1.82, 2.24) is 10.6 Å². The topological polar surface area (TPSA) is 78.4 Å². The molecule has 1 rings (SSSR count). The lowest BCUT2D eigenvalue weighted by atomic mass is 10.0. The number of rotatable bonds is 5. The molecule has 0 saturated carbocycles. The number of nitrogens with one attached hydrogen (secondary N) is 2. The van der Waals surface area contributed by atoms with Gasteiger partial charge in [0.1, 0.15) is 0 Å². The number of aliphatic hydroxyl groups is 1. The van der Waals surface area contributed by atoms with Crippen LogP contribution in [0.3, 0.4) is 0 Å². The molecule has 5 nitrogen and oxygen atoms in total. The third-order valence-electron chi connectivity index (χ3n) is 2.38. The Morgan fingerprint density at radius 3 is 2.60 bits per heavy atom. The molecular formula is C10H18N2O3. The van der Waals surface area contributed by atoms with Crippen molar-refractivity contribution < 1.29 is 14.7 Å². The summed E-state index contributed by atoms with van der Waals surface area (Å²) in [5.74, 6) is -0.101. The van der Waals surface area contributed by atoms with E-state index in [4.69, 9.17) is 5.11 Å². The number of amides is 2. The zero-order valence-electron chi connectivity index (χ0n) is 9.12. The minimum atomic E-state index is -0.478. The first-order valence-electron chi connectivity index (χ1n) is 5.23. The molecule has 1 aliphatic heterocycles. The maximum atomic E-state index is 11.2. The van der Waals surface area contributed by atoms with Crippen molar-refractivity contribution in [2.24, 2.45) is 5.92 Å². The lowest BCUT2D eigenvalue weighted by molar-refractivity contribution is -0.125. The summed E-state index contributed by atoms with van der Waals surface area (Å²) in [6, 6.07) is -0.597. The molecule has 3 N–H and O–H groups in total. The summed E-state index contributed by atoms with van der Waals surface area (Å²) in [5, 5.41) is 14.3. The Hall–Kier alpha value is -0.940. The second kappa shape index (κ2) is 5.23. The van der Waals surface area contributed by atoms with Crippen LogP contribution in [0.25, 0.3) is 0 Å². The highest BCUT2D eigenvalue weighted by atomic mass is 16.3. The van der Waals surface area contributed by atoms with E-state index >= 15 is 0 Å². The van der Waals surface area contributed by atoms with Crippen LogP contribution in [0.4, 0.5) is 0 Å². The normalized spacial score (nSPS) is 23.3. The van der Waals surface area contributed by atoms with Crippen LogP contribution in [-0.2, 0) is 9.59 Å². The van der Waals surface area contributed by atoms with Gasteiger partial charge >= 0.3 is 0 Å². The van der Waals surface area contributed by atoms with Gasteiger partial charge in [-0.25, -0.2) is 0 Å². The number of hydrogen-bond donors (Lipinski definition) is 3. The molecule has 1 aliphatic rings. The molecule has 0 radical (unpaired) electrons. The first-order valence-corrected chi connectivity index (χ1v) is 5.23. The van der Waals surface area contributed by atoms with E-state index in [9.17, 15) is 9.59 Å². The van der Waals surface area contributed by atoms with Crippen molar-refractivity contribution >= 4 is 11.8 Å². The van der Waals surface area contributed by atoms with Gasteiger partial charge in [-0.05, 0) is 12.3 Å². The van der Waals surface area contributed by atoms with Crippen LogP contribution in [0.5, 0.6) is 0 Å². The summed E-state index contributed by atoms with van der Waals surface area (Å²) >= 11 is 0. The highest BCUT2D eigenvalue weighted by molar-refractivity contribution is 6.05. The Kier molecular flexibility index (Phi) is 4.23. The molecule has 0 aromatic rings. The van der Waals surface area contributed by atoms with Gasteiger partial charge in [0.25, 0.3) is 0 Å². The molecule has 0 aromatic heterocycles. The summed E-state index contributed by atoms with van der Waals surface area (Å²) in [5.41, 5.74) is 0. The summed E-state index contributed by atoms with van der Waals surface area (Å²) in [6.45, 7) is 4.07. The fourth-order valence-electron chi connectivity index (χ4n) is 1.74. The van der Waals surface area contributed by atoms with Gasteiger partial charge in [0.2, 0.25) is 11.8 Å². The van der Waals surface area contributed by atoms with E-state index in [0.717, 1.165) is 6.42 Å². The first-order chi connectivity index (χ1) is 7.02. The molecule has 0 bridgehead atoms. The highest BCUT2D eigenvalue weighted by Crippen LogP contribution is 2.08. The zero-order valence-corrected chi connectivity index (χ0v) is 9.12. The van der Waals surface area contributed by atoms with E-state index in [2.05, 4.69) is 10.6 Å². The zero-order chi connectivity index (χ0) is 11.4. The standard InChI is InChI=1S/C10H18N2O3/c1-6(2)3-7(5-13)11-8-4-9(14)12-10(8)15/h6-8,11,13H,3-5H2,1-2H3,(H,12,14,15). The van der Waals surface area contributed by atoms with Crippen molar-refractivity contribution in [3.8, 4) is 0 Å². The number of carbonyl (C=O) groups excluding carboxylic acids is 2. The van der Waals surface area contributed by atoms with E-state index in [0.29, 0.717) is 5.92 Å². The number of carbonyl (C=O) groups is 2. The minimum absolute atomic E-state index is 0.0177. The fourth-order valence-corrected chi connectivity index (χ4v) is 1.74. The lowest BCUT2D eigenvalue weighted by Gasteiger charge is -2.20. The highest BCUT2D eigenvalue weighted by Gasteiger charge is 2.31. The van der Waals surface area contributed by atoms with E-state index in [-0.39, 0.29) is 30.9 Å². The second-order valence-corrected chi connectivity index (χ2v) is 4.34. The summed E-state index contributed by atoms with van der Waals surface area (Å²) in [7, 11) is 0. The fraction of sp³-hybridized carbons (Fsp3) is 0.800. The van der Waals surface area contributed by atoms with Gasteiger partial charge in [-0.15, -0.1) is 0 Å². The summed E-state index contributed by atoms with van der Waals surface area (Å²) < 4.78 is 0. The van der Waals surface area contributed by atoms with Gasteiger partial charge in [-0.3, -0.25) is 14.9 Å². The third kappa shape index (κ3) is 3.60. The number of aliphatic hydroxyl groups excluding tert-OH is 1. The average Bonchev–Trinajstić information content (AvgIpc) is 2.43. The molecule has 2 amide bonds. The number of hydrogen-bond acceptors (Lipinski definition) is 4. The van der Waals surface area contributed by atoms with E-state index < -0.39 is 6.04 Å². The lowest BCUT2D eigenvalue weighted by Crippen LogP contribution is -2.45. The van der Waals surface area contributed by atoms with Gasteiger partial charge in [-0.1, -0.05) is 13.8 Å². The van der Waals surface area contributed by atoms with Crippen LogP contribution >= 0.6 is 0 Å². The van der Waals surface area contributed by atoms with Crippen LogP contribution in [0, 0.1) is 5.92 Å². The molecule has 86 valence electrons. The van der Waals surface area contributed by atoms with Crippen molar-refractivity contribution in [3.05, 3.63) is 0 Å². The van der Waals surface area contributed by atoms with Crippen molar-refractivity contribution in [2.45, 2.75) is 38.8 Å². The quantitative estimate of drug-likeness (QED) is 0.534. The van der Waals surface area contributed by atoms with Gasteiger partial charge in [0, 0.05) is 6.04 Å².